The maximum Gasteiger partial charge on any atom is 0.188 e. The van der Waals surface area contributed by atoms with Crippen molar-refractivity contribution < 1.29 is 0 Å². The Balaban J connectivity index is 1.57. The zero-order valence-corrected chi connectivity index (χ0v) is 14.6. The van der Waals surface area contributed by atoms with Crippen LogP contribution in [0.25, 0.3) is 10.8 Å². The standard InChI is InChI=1S/C19H17N5S/c1-14(15-6-3-2-4-7-15)18-22-10-11-24(18)12-16-13-25-19(23-16)17-20-8-5-9-21-17/h2-11,13-14H,12H2,1H3/t14-/m1/s1. The van der Waals surface area contributed by atoms with Crippen LogP contribution in [0.1, 0.15) is 29.9 Å². The quantitative estimate of drug-likeness (QED) is 0.548. The van der Waals surface area contributed by atoms with Crippen LogP contribution in [-0.4, -0.2) is 24.5 Å². The van der Waals surface area contributed by atoms with Gasteiger partial charge in [-0.3, -0.25) is 0 Å². The normalized spacial score (nSPS) is 12.2. The summed E-state index contributed by atoms with van der Waals surface area (Å²) in [6, 6.07) is 12.2. The third kappa shape index (κ3) is 3.34. The molecule has 0 saturated heterocycles. The lowest BCUT2D eigenvalue weighted by molar-refractivity contribution is 0.681. The highest BCUT2D eigenvalue weighted by Crippen LogP contribution is 2.24. The van der Waals surface area contributed by atoms with Crippen molar-refractivity contribution >= 4 is 11.3 Å². The molecule has 0 aliphatic rings. The van der Waals surface area contributed by atoms with E-state index in [1.54, 1.807) is 29.8 Å². The van der Waals surface area contributed by atoms with Crippen molar-refractivity contribution in [1.82, 2.24) is 24.5 Å². The second kappa shape index (κ2) is 6.94. The number of imidazole rings is 1. The summed E-state index contributed by atoms with van der Waals surface area (Å²) in [4.78, 5) is 17.8. The molecule has 6 heteroatoms. The topological polar surface area (TPSA) is 56.5 Å². The summed E-state index contributed by atoms with van der Waals surface area (Å²) in [5.41, 5.74) is 2.25. The first-order valence-electron chi connectivity index (χ1n) is 8.09. The highest BCUT2D eigenvalue weighted by atomic mass is 32.1. The molecule has 0 unspecified atom stereocenters. The molecule has 4 aromatic rings. The number of hydrogen-bond donors (Lipinski definition) is 0. The summed E-state index contributed by atoms with van der Waals surface area (Å²) < 4.78 is 2.16. The van der Waals surface area contributed by atoms with Crippen molar-refractivity contribution in [3.63, 3.8) is 0 Å². The average Bonchev–Trinajstić information content (AvgIpc) is 3.33. The third-order valence-corrected chi connectivity index (χ3v) is 4.96. The number of thiazole rings is 1. The van der Waals surface area contributed by atoms with Gasteiger partial charge in [0.25, 0.3) is 0 Å². The Morgan fingerprint density at radius 3 is 2.60 bits per heavy atom. The number of benzene rings is 1. The van der Waals surface area contributed by atoms with E-state index in [4.69, 9.17) is 0 Å². The Morgan fingerprint density at radius 1 is 1.00 bits per heavy atom. The van der Waals surface area contributed by atoms with Crippen molar-refractivity contribution in [2.24, 2.45) is 0 Å². The van der Waals surface area contributed by atoms with Gasteiger partial charge in [-0.1, -0.05) is 37.3 Å². The zero-order chi connectivity index (χ0) is 17.1. The van der Waals surface area contributed by atoms with E-state index in [2.05, 4.69) is 61.1 Å². The third-order valence-electron chi connectivity index (χ3n) is 4.08. The van der Waals surface area contributed by atoms with Crippen molar-refractivity contribution in [2.45, 2.75) is 19.4 Å². The molecule has 0 saturated carbocycles. The van der Waals surface area contributed by atoms with Gasteiger partial charge in [-0.05, 0) is 11.6 Å². The largest absolute Gasteiger partial charge is 0.328 e. The molecule has 0 radical (unpaired) electrons. The number of rotatable bonds is 5. The molecule has 0 N–H and O–H groups in total. The molecule has 0 fully saturated rings. The van der Waals surface area contributed by atoms with Gasteiger partial charge in [0.15, 0.2) is 10.8 Å². The van der Waals surface area contributed by atoms with Crippen LogP contribution in [-0.2, 0) is 6.54 Å². The highest BCUT2D eigenvalue weighted by molar-refractivity contribution is 7.13. The van der Waals surface area contributed by atoms with Crippen LogP contribution < -0.4 is 0 Å². The molecule has 124 valence electrons. The Bertz CT molecular complexity index is 946. The first-order valence-corrected chi connectivity index (χ1v) is 8.97. The summed E-state index contributed by atoms with van der Waals surface area (Å²) in [6.07, 6.45) is 7.33. The Labute approximate surface area is 150 Å². The minimum atomic E-state index is 0.228. The van der Waals surface area contributed by atoms with Crippen molar-refractivity contribution in [3.05, 3.63) is 83.6 Å². The van der Waals surface area contributed by atoms with E-state index in [0.29, 0.717) is 12.4 Å². The van der Waals surface area contributed by atoms with E-state index in [1.165, 1.54) is 5.56 Å². The van der Waals surface area contributed by atoms with Gasteiger partial charge in [-0.2, -0.15) is 0 Å². The fourth-order valence-electron chi connectivity index (χ4n) is 2.79. The maximum absolute atomic E-state index is 4.67. The van der Waals surface area contributed by atoms with Gasteiger partial charge in [0.05, 0.1) is 12.2 Å². The maximum atomic E-state index is 4.67. The van der Waals surface area contributed by atoms with Gasteiger partial charge in [0, 0.05) is 36.1 Å². The summed E-state index contributed by atoms with van der Waals surface area (Å²) in [5.74, 6) is 1.94. The minimum Gasteiger partial charge on any atom is -0.328 e. The molecule has 0 bridgehead atoms. The fourth-order valence-corrected chi connectivity index (χ4v) is 3.55. The number of hydrogen-bond acceptors (Lipinski definition) is 5. The Kier molecular flexibility index (Phi) is 4.35. The molecule has 0 spiro atoms. The summed E-state index contributed by atoms with van der Waals surface area (Å²) in [7, 11) is 0. The number of nitrogens with zero attached hydrogens (tertiary/aromatic N) is 5. The van der Waals surface area contributed by atoms with E-state index < -0.39 is 0 Å². The van der Waals surface area contributed by atoms with Gasteiger partial charge in [-0.25, -0.2) is 19.9 Å². The Hall–Kier alpha value is -2.86. The summed E-state index contributed by atoms with van der Waals surface area (Å²) in [5, 5.41) is 2.90. The van der Waals surface area contributed by atoms with Gasteiger partial charge < -0.3 is 4.57 Å². The molecule has 25 heavy (non-hydrogen) atoms. The molecule has 1 aromatic carbocycles. The van der Waals surface area contributed by atoms with Crippen LogP contribution in [0, 0.1) is 0 Å². The van der Waals surface area contributed by atoms with Crippen LogP contribution in [0.3, 0.4) is 0 Å². The molecule has 0 amide bonds. The second-order valence-corrected chi connectivity index (χ2v) is 6.62. The SMILES string of the molecule is C[C@H](c1ccccc1)c1nccn1Cc1csc(-c2ncccn2)n1. The first-order chi connectivity index (χ1) is 12.3. The first kappa shape index (κ1) is 15.7. The van der Waals surface area contributed by atoms with E-state index in [1.807, 2.05) is 18.5 Å². The molecular formula is C19H17N5S. The minimum absolute atomic E-state index is 0.228. The lowest BCUT2D eigenvalue weighted by atomic mass is 10.0. The van der Waals surface area contributed by atoms with Crippen LogP contribution in [0.2, 0.25) is 0 Å². The van der Waals surface area contributed by atoms with E-state index in [-0.39, 0.29) is 5.92 Å². The smallest absolute Gasteiger partial charge is 0.188 e. The summed E-state index contributed by atoms with van der Waals surface area (Å²) >= 11 is 1.57. The predicted octanol–water partition coefficient (Wildman–Crippen LogP) is 4.00. The van der Waals surface area contributed by atoms with Gasteiger partial charge in [0.2, 0.25) is 0 Å². The van der Waals surface area contributed by atoms with E-state index in [9.17, 15) is 0 Å². The van der Waals surface area contributed by atoms with Crippen molar-refractivity contribution in [1.29, 1.82) is 0 Å². The van der Waals surface area contributed by atoms with Crippen LogP contribution in [0.5, 0.6) is 0 Å². The lowest BCUT2D eigenvalue weighted by Crippen LogP contribution is -2.09. The molecule has 3 heterocycles. The van der Waals surface area contributed by atoms with Crippen LogP contribution in [0.15, 0.2) is 66.6 Å². The summed E-state index contributed by atoms with van der Waals surface area (Å²) in [6.45, 7) is 2.87. The average molecular weight is 347 g/mol. The second-order valence-electron chi connectivity index (χ2n) is 5.76. The lowest BCUT2D eigenvalue weighted by Gasteiger charge is -2.13. The van der Waals surface area contributed by atoms with Gasteiger partial charge >= 0.3 is 0 Å². The molecule has 0 aliphatic heterocycles. The Morgan fingerprint density at radius 2 is 1.80 bits per heavy atom. The molecular weight excluding hydrogens is 330 g/mol. The van der Waals surface area contributed by atoms with E-state index >= 15 is 0 Å². The van der Waals surface area contributed by atoms with Crippen molar-refractivity contribution in [3.8, 4) is 10.8 Å². The highest BCUT2D eigenvalue weighted by Gasteiger charge is 2.15. The van der Waals surface area contributed by atoms with Gasteiger partial charge in [-0.15, -0.1) is 11.3 Å². The molecule has 0 aliphatic carbocycles. The fraction of sp³-hybridized carbons (Fsp3) is 0.158. The van der Waals surface area contributed by atoms with Gasteiger partial charge in [0.1, 0.15) is 5.82 Å². The predicted molar refractivity (Wildman–Crippen MR) is 98.4 cm³/mol. The van der Waals surface area contributed by atoms with E-state index in [0.717, 1.165) is 16.5 Å². The number of aromatic nitrogens is 5. The molecule has 4 rings (SSSR count). The molecule has 1 atom stereocenters. The monoisotopic (exact) mass is 347 g/mol. The zero-order valence-electron chi connectivity index (χ0n) is 13.8. The van der Waals surface area contributed by atoms with Crippen molar-refractivity contribution in [2.75, 3.05) is 0 Å². The van der Waals surface area contributed by atoms with Crippen LogP contribution >= 0.6 is 11.3 Å². The molecule has 3 aromatic heterocycles. The van der Waals surface area contributed by atoms with Crippen LogP contribution in [0.4, 0.5) is 0 Å². The molecule has 5 nitrogen and oxygen atoms in total.